The Kier molecular flexibility index (Phi) is 6.86. The third kappa shape index (κ3) is 5.29. The standard InChI is InChI=1S/C22H21Cl3N2O3/c23-17-6-4-16(5-7-17)8-9-22(14-27-11-10-26-15-27)29-13-18(30-22)12-28-21-19(24)2-1-3-20(21)25/h1-7,10-11,15,18H,8-9,12-14H2. The number of hydrogen-bond donors (Lipinski definition) is 0. The number of benzene rings is 2. The van der Waals surface area contributed by atoms with Gasteiger partial charge in [0.25, 0.3) is 0 Å². The van der Waals surface area contributed by atoms with E-state index in [2.05, 4.69) is 4.98 Å². The molecule has 2 aromatic carbocycles. The Hall–Kier alpha value is -1.76. The van der Waals surface area contributed by atoms with Gasteiger partial charge in [0, 0.05) is 23.8 Å². The first-order valence-corrected chi connectivity index (χ1v) is 10.8. The molecule has 1 fully saturated rings. The van der Waals surface area contributed by atoms with Crippen LogP contribution in [0.4, 0.5) is 0 Å². The van der Waals surface area contributed by atoms with Gasteiger partial charge in [-0.25, -0.2) is 4.98 Å². The predicted octanol–water partition coefficient (Wildman–Crippen LogP) is 5.67. The van der Waals surface area contributed by atoms with E-state index in [-0.39, 0.29) is 12.7 Å². The second kappa shape index (κ2) is 9.58. The number of imidazole rings is 1. The van der Waals surface area contributed by atoms with E-state index in [1.54, 1.807) is 30.7 Å². The molecule has 0 amide bonds. The average molecular weight is 468 g/mol. The summed E-state index contributed by atoms with van der Waals surface area (Å²) >= 11 is 18.4. The number of rotatable bonds is 8. The van der Waals surface area contributed by atoms with Crippen molar-refractivity contribution in [2.24, 2.45) is 0 Å². The van der Waals surface area contributed by atoms with Crippen LogP contribution < -0.4 is 4.74 Å². The lowest BCUT2D eigenvalue weighted by Crippen LogP contribution is -2.37. The number of hydrogen-bond acceptors (Lipinski definition) is 4. The summed E-state index contributed by atoms with van der Waals surface area (Å²) in [6.45, 7) is 1.23. The third-order valence-corrected chi connectivity index (χ3v) is 5.78. The zero-order valence-corrected chi connectivity index (χ0v) is 18.4. The fourth-order valence-electron chi connectivity index (χ4n) is 3.43. The minimum absolute atomic E-state index is 0.244. The van der Waals surface area contributed by atoms with Gasteiger partial charge in [0.1, 0.15) is 12.7 Å². The van der Waals surface area contributed by atoms with E-state index >= 15 is 0 Å². The minimum Gasteiger partial charge on any atom is -0.488 e. The summed E-state index contributed by atoms with van der Waals surface area (Å²) in [5.41, 5.74) is 1.17. The molecule has 4 rings (SSSR count). The normalized spacial score (nSPS) is 21.1. The zero-order chi connectivity index (χ0) is 21.0. The predicted molar refractivity (Wildman–Crippen MR) is 118 cm³/mol. The van der Waals surface area contributed by atoms with Gasteiger partial charge in [-0.15, -0.1) is 0 Å². The Bertz CT molecular complexity index is 946. The first-order valence-electron chi connectivity index (χ1n) is 9.62. The molecule has 1 aliphatic rings. The molecule has 0 spiro atoms. The van der Waals surface area contributed by atoms with Gasteiger partial charge in [-0.1, -0.05) is 53.0 Å². The van der Waals surface area contributed by atoms with Crippen LogP contribution in [-0.2, 0) is 22.4 Å². The van der Waals surface area contributed by atoms with Gasteiger partial charge in [0.15, 0.2) is 11.5 Å². The van der Waals surface area contributed by atoms with Gasteiger partial charge in [-0.05, 0) is 36.2 Å². The molecule has 3 aromatic rings. The first kappa shape index (κ1) is 21.5. The van der Waals surface area contributed by atoms with Crippen LogP contribution in [0.2, 0.25) is 15.1 Å². The van der Waals surface area contributed by atoms with Gasteiger partial charge in [0.2, 0.25) is 0 Å². The van der Waals surface area contributed by atoms with E-state index in [4.69, 9.17) is 49.0 Å². The Balaban J connectivity index is 1.43. The third-order valence-electron chi connectivity index (χ3n) is 4.94. The van der Waals surface area contributed by atoms with Crippen LogP contribution in [0.5, 0.6) is 5.75 Å². The Morgan fingerprint density at radius 2 is 1.87 bits per heavy atom. The van der Waals surface area contributed by atoms with Crippen molar-refractivity contribution in [2.75, 3.05) is 13.2 Å². The second-order valence-corrected chi connectivity index (χ2v) is 8.44. The highest BCUT2D eigenvalue weighted by molar-refractivity contribution is 6.37. The van der Waals surface area contributed by atoms with Crippen LogP contribution in [0.25, 0.3) is 0 Å². The molecule has 8 heteroatoms. The molecule has 0 aliphatic carbocycles. The second-order valence-electron chi connectivity index (χ2n) is 7.18. The molecule has 1 aromatic heterocycles. The van der Waals surface area contributed by atoms with Crippen molar-refractivity contribution < 1.29 is 14.2 Å². The Labute approximate surface area is 190 Å². The van der Waals surface area contributed by atoms with Crippen molar-refractivity contribution >= 4 is 34.8 Å². The van der Waals surface area contributed by atoms with Gasteiger partial charge >= 0.3 is 0 Å². The molecule has 158 valence electrons. The summed E-state index contributed by atoms with van der Waals surface area (Å²) in [6.07, 6.45) is 6.60. The van der Waals surface area contributed by atoms with E-state index in [1.165, 1.54) is 5.56 Å². The molecule has 5 nitrogen and oxygen atoms in total. The zero-order valence-electron chi connectivity index (χ0n) is 16.1. The van der Waals surface area contributed by atoms with Crippen molar-refractivity contribution in [1.29, 1.82) is 0 Å². The van der Waals surface area contributed by atoms with Gasteiger partial charge in [-0.2, -0.15) is 0 Å². The van der Waals surface area contributed by atoms with Crippen molar-refractivity contribution in [1.82, 2.24) is 9.55 Å². The maximum absolute atomic E-state index is 6.36. The molecular formula is C22H21Cl3N2O3. The number of aryl methyl sites for hydroxylation is 1. The fourth-order valence-corrected chi connectivity index (χ4v) is 4.07. The highest BCUT2D eigenvalue weighted by Gasteiger charge is 2.42. The fraction of sp³-hybridized carbons (Fsp3) is 0.318. The molecule has 1 saturated heterocycles. The maximum Gasteiger partial charge on any atom is 0.187 e. The number of ether oxygens (including phenoxy) is 3. The molecule has 0 radical (unpaired) electrons. The van der Waals surface area contributed by atoms with Crippen LogP contribution in [0.15, 0.2) is 61.2 Å². The smallest absolute Gasteiger partial charge is 0.187 e. The van der Waals surface area contributed by atoms with Crippen molar-refractivity contribution in [3.63, 3.8) is 0 Å². The average Bonchev–Trinajstić information content (AvgIpc) is 3.38. The molecule has 2 unspecified atom stereocenters. The highest BCUT2D eigenvalue weighted by Crippen LogP contribution is 2.35. The molecule has 0 saturated carbocycles. The van der Waals surface area contributed by atoms with Crippen molar-refractivity contribution in [3.8, 4) is 5.75 Å². The van der Waals surface area contributed by atoms with Crippen LogP contribution in [0.3, 0.4) is 0 Å². The summed E-state index contributed by atoms with van der Waals surface area (Å²) < 4.78 is 20.3. The number of para-hydroxylation sites is 1. The number of aromatic nitrogens is 2. The Morgan fingerprint density at radius 3 is 2.57 bits per heavy atom. The van der Waals surface area contributed by atoms with Crippen molar-refractivity contribution in [3.05, 3.63) is 81.8 Å². The molecule has 2 atom stereocenters. The summed E-state index contributed by atoms with van der Waals surface area (Å²) in [6, 6.07) is 13.1. The molecule has 1 aliphatic heterocycles. The Morgan fingerprint density at radius 1 is 1.10 bits per heavy atom. The highest BCUT2D eigenvalue weighted by atomic mass is 35.5. The minimum atomic E-state index is -0.779. The lowest BCUT2D eigenvalue weighted by Gasteiger charge is -2.28. The van der Waals surface area contributed by atoms with E-state index in [0.717, 1.165) is 11.4 Å². The lowest BCUT2D eigenvalue weighted by molar-refractivity contribution is -0.184. The number of halogens is 3. The SMILES string of the molecule is Clc1ccc(CCC2(Cn3ccnc3)OCC(COc3c(Cl)cccc3Cl)O2)cc1. The summed E-state index contributed by atoms with van der Waals surface area (Å²) in [5, 5.41) is 1.65. The summed E-state index contributed by atoms with van der Waals surface area (Å²) in [5.74, 6) is -0.323. The van der Waals surface area contributed by atoms with Crippen LogP contribution in [-0.4, -0.2) is 34.7 Å². The van der Waals surface area contributed by atoms with E-state index in [9.17, 15) is 0 Å². The van der Waals surface area contributed by atoms with Gasteiger partial charge in [-0.3, -0.25) is 0 Å². The van der Waals surface area contributed by atoms with E-state index in [0.29, 0.717) is 35.4 Å². The molecule has 0 N–H and O–H groups in total. The van der Waals surface area contributed by atoms with Gasteiger partial charge < -0.3 is 18.8 Å². The van der Waals surface area contributed by atoms with E-state index in [1.807, 2.05) is 35.0 Å². The topological polar surface area (TPSA) is 45.5 Å². The molecule has 0 bridgehead atoms. The van der Waals surface area contributed by atoms with Crippen LogP contribution >= 0.6 is 34.8 Å². The quantitative estimate of drug-likeness (QED) is 0.428. The van der Waals surface area contributed by atoms with Crippen LogP contribution in [0, 0.1) is 0 Å². The largest absolute Gasteiger partial charge is 0.488 e. The summed E-state index contributed by atoms with van der Waals surface area (Å²) in [7, 11) is 0. The first-order chi connectivity index (χ1) is 14.5. The molecule has 2 heterocycles. The number of nitrogens with zero attached hydrogens (tertiary/aromatic N) is 2. The van der Waals surface area contributed by atoms with Crippen molar-refractivity contribution in [2.45, 2.75) is 31.3 Å². The van der Waals surface area contributed by atoms with Gasteiger partial charge in [0.05, 0.1) is 29.5 Å². The summed E-state index contributed by atoms with van der Waals surface area (Å²) in [4.78, 5) is 4.12. The molecular weight excluding hydrogens is 447 g/mol. The maximum atomic E-state index is 6.36. The van der Waals surface area contributed by atoms with E-state index < -0.39 is 5.79 Å². The molecule has 30 heavy (non-hydrogen) atoms. The van der Waals surface area contributed by atoms with Crippen LogP contribution in [0.1, 0.15) is 12.0 Å². The monoisotopic (exact) mass is 466 g/mol. The lowest BCUT2D eigenvalue weighted by atomic mass is 10.0.